The topological polar surface area (TPSA) is 37.4 Å². The van der Waals surface area contributed by atoms with Gasteiger partial charge in [0.15, 0.2) is 0 Å². The van der Waals surface area contributed by atoms with Crippen molar-refractivity contribution >= 4 is 11.7 Å². The summed E-state index contributed by atoms with van der Waals surface area (Å²) in [5.41, 5.74) is 0. The highest BCUT2D eigenvalue weighted by Crippen LogP contribution is 2.02. The maximum Gasteiger partial charge on any atom is 0.246 e. The zero-order valence-corrected chi connectivity index (χ0v) is 12.1. The number of Topliss-reactive ketones (excluding diaryl/α,β-unsaturated/α-hetero) is 1. The van der Waals surface area contributed by atoms with Crippen molar-refractivity contribution in [3.8, 4) is 0 Å². The summed E-state index contributed by atoms with van der Waals surface area (Å²) in [6.07, 6.45) is 8.35. The van der Waals surface area contributed by atoms with Crippen LogP contribution in [-0.2, 0) is 9.59 Å². The van der Waals surface area contributed by atoms with E-state index in [0.717, 1.165) is 32.4 Å². The highest BCUT2D eigenvalue weighted by molar-refractivity contribution is 5.87. The number of carbonyl (C=O) groups excluding carboxylic acids is 2. The van der Waals surface area contributed by atoms with Crippen molar-refractivity contribution in [1.29, 1.82) is 0 Å². The molecule has 0 unspecified atom stereocenters. The number of unbranched alkanes of at least 4 members (excludes halogenated alkanes) is 1. The number of ketones is 1. The van der Waals surface area contributed by atoms with Gasteiger partial charge in [0.2, 0.25) is 5.91 Å². The van der Waals surface area contributed by atoms with Crippen molar-refractivity contribution < 1.29 is 9.59 Å². The van der Waals surface area contributed by atoms with Gasteiger partial charge in [-0.1, -0.05) is 26.3 Å². The van der Waals surface area contributed by atoms with E-state index in [9.17, 15) is 9.59 Å². The first-order valence-electron chi connectivity index (χ1n) is 7.12. The van der Waals surface area contributed by atoms with E-state index >= 15 is 0 Å². The van der Waals surface area contributed by atoms with E-state index in [0.29, 0.717) is 25.0 Å². The number of amides is 1. The van der Waals surface area contributed by atoms with E-state index in [1.807, 2.05) is 17.9 Å². The lowest BCUT2D eigenvalue weighted by Crippen LogP contribution is -2.29. The number of allylic oxidation sites excluding steroid dienone is 1. The zero-order chi connectivity index (χ0) is 13.8. The van der Waals surface area contributed by atoms with Crippen LogP contribution in [0.3, 0.4) is 0 Å². The molecule has 1 amide bonds. The minimum Gasteiger partial charge on any atom is -0.339 e. The minimum atomic E-state index is 0.0559. The van der Waals surface area contributed by atoms with Crippen molar-refractivity contribution in [3.05, 3.63) is 12.2 Å². The monoisotopic (exact) mass is 253 g/mol. The maximum absolute atomic E-state index is 11.7. The minimum absolute atomic E-state index is 0.0559. The molecule has 3 heteroatoms. The van der Waals surface area contributed by atoms with Crippen LogP contribution in [0.25, 0.3) is 0 Å². The highest BCUT2D eigenvalue weighted by Gasteiger charge is 2.06. The SMILES string of the molecule is CCCCC(=O)CC/C=C/C(=O)N(CC)CCC. The summed E-state index contributed by atoms with van der Waals surface area (Å²) >= 11 is 0. The second kappa shape index (κ2) is 11.0. The Hall–Kier alpha value is -1.12. The summed E-state index contributed by atoms with van der Waals surface area (Å²) in [6.45, 7) is 7.67. The molecule has 0 aromatic heterocycles. The van der Waals surface area contributed by atoms with E-state index in [1.165, 1.54) is 0 Å². The second-order valence-corrected chi connectivity index (χ2v) is 4.50. The Morgan fingerprint density at radius 3 is 2.33 bits per heavy atom. The summed E-state index contributed by atoms with van der Waals surface area (Å²) in [7, 11) is 0. The molecular formula is C15H27NO2. The van der Waals surface area contributed by atoms with Gasteiger partial charge in [-0.3, -0.25) is 9.59 Å². The predicted octanol–water partition coefficient (Wildman–Crippen LogP) is 3.34. The fraction of sp³-hybridized carbons (Fsp3) is 0.733. The third-order valence-electron chi connectivity index (χ3n) is 2.85. The fourth-order valence-corrected chi connectivity index (χ4v) is 1.73. The van der Waals surface area contributed by atoms with Gasteiger partial charge in [0, 0.05) is 25.9 Å². The van der Waals surface area contributed by atoms with Crippen LogP contribution in [0.5, 0.6) is 0 Å². The van der Waals surface area contributed by atoms with E-state index in [2.05, 4.69) is 13.8 Å². The van der Waals surface area contributed by atoms with E-state index in [-0.39, 0.29) is 5.91 Å². The van der Waals surface area contributed by atoms with Gasteiger partial charge in [-0.2, -0.15) is 0 Å². The molecule has 0 rings (SSSR count). The molecule has 0 N–H and O–H groups in total. The highest BCUT2D eigenvalue weighted by atomic mass is 16.2. The first-order chi connectivity index (χ1) is 8.65. The van der Waals surface area contributed by atoms with Gasteiger partial charge in [-0.15, -0.1) is 0 Å². The molecular weight excluding hydrogens is 226 g/mol. The lowest BCUT2D eigenvalue weighted by Gasteiger charge is -2.17. The van der Waals surface area contributed by atoms with Gasteiger partial charge >= 0.3 is 0 Å². The Bertz CT molecular complexity index is 272. The summed E-state index contributed by atoms with van der Waals surface area (Å²) < 4.78 is 0. The third-order valence-corrected chi connectivity index (χ3v) is 2.85. The smallest absolute Gasteiger partial charge is 0.246 e. The van der Waals surface area contributed by atoms with Crippen LogP contribution in [0, 0.1) is 0 Å². The Morgan fingerprint density at radius 2 is 1.78 bits per heavy atom. The molecule has 0 aliphatic rings. The molecule has 0 bridgehead atoms. The average Bonchev–Trinajstić information content (AvgIpc) is 2.38. The molecule has 104 valence electrons. The standard InChI is InChI=1S/C15H27NO2/c1-4-7-10-14(17)11-8-9-12-15(18)16(6-3)13-5-2/h9,12H,4-8,10-11,13H2,1-3H3/b12-9+. The van der Waals surface area contributed by atoms with E-state index in [4.69, 9.17) is 0 Å². The Balaban J connectivity index is 3.87. The zero-order valence-electron chi connectivity index (χ0n) is 12.1. The van der Waals surface area contributed by atoms with E-state index < -0.39 is 0 Å². The maximum atomic E-state index is 11.7. The Labute approximate surface area is 111 Å². The third kappa shape index (κ3) is 8.04. The number of likely N-dealkylation sites (N-methyl/N-ethyl adjacent to an activating group) is 1. The van der Waals surface area contributed by atoms with Crippen LogP contribution in [-0.4, -0.2) is 29.7 Å². The summed E-state index contributed by atoms with van der Waals surface area (Å²) in [4.78, 5) is 25.0. The van der Waals surface area contributed by atoms with Crippen molar-refractivity contribution in [2.24, 2.45) is 0 Å². The van der Waals surface area contributed by atoms with Gasteiger partial charge in [0.25, 0.3) is 0 Å². The molecule has 0 saturated carbocycles. The largest absolute Gasteiger partial charge is 0.339 e. The van der Waals surface area contributed by atoms with E-state index in [1.54, 1.807) is 6.08 Å². The van der Waals surface area contributed by atoms with Crippen molar-refractivity contribution in [1.82, 2.24) is 4.90 Å². The van der Waals surface area contributed by atoms with Gasteiger partial charge in [-0.25, -0.2) is 0 Å². The quantitative estimate of drug-likeness (QED) is 0.560. The van der Waals surface area contributed by atoms with Crippen LogP contribution >= 0.6 is 0 Å². The van der Waals surface area contributed by atoms with Crippen LogP contribution in [0.4, 0.5) is 0 Å². The molecule has 0 aromatic rings. The molecule has 0 spiro atoms. The van der Waals surface area contributed by atoms with Gasteiger partial charge in [0.1, 0.15) is 5.78 Å². The lowest BCUT2D eigenvalue weighted by atomic mass is 10.1. The lowest BCUT2D eigenvalue weighted by molar-refractivity contribution is -0.126. The van der Waals surface area contributed by atoms with Crippen molar-refractivity contribution in [2.75, 3.05) is 13.1 Å². The molecule has 0 aliphatic heterocycles. The molecule has 0 aliphatic carbocycles. The molecule has 0 heterocycles. The molecule has 0 saturated heterocycles. The Kier molecular flexibility index (Phi) is 10.3. The first-order valence-corrected chi connectivity index (χ1v) is 7.12. The van der Waals surface area contributed by atoms with Crippen LogP contribution in [0.15, 0.2) is 12.2 Å². The molecule has 0 atom stereocenters. The van der Waals surface area contributed by atoms with Gasteiger partial charge < -0.3 is 4.90 Å². The normalized spacial score (nSPS) is 10.8. The molecule has 0 radical (unpaired) electrons. The van der Waals surface area contributed by atoms with Crippen LogP contribution in [0.1, 0.15) is 59.3 Å². The van der Waals surface area contributed by atoms with Crippen LogP contribution in [0.2, 0.25) is 0 Å². The second-order valence-electron chi connectivity index (χ2n) is 4.50. The number of rotatable bonds is 10. The predicted molar refractivity (Wildman–Crippen MR) is 75.5 cm³/mol. The van der Waals surface area contributed by atoms with Gasteiger partial charge in [0.05, 0.1) is 0 Å². The summed E-state index contributed by atoms with van der Waals surface area (Å²) in [5, 5.41) is 0. The summed E-state index contributed by atoms with van der Waals surface area (Å²) in [5.74, 6) is 0.357. The summed E-state index contributed by atoms with van der Waals surface area (Å²) in [6, 6.07) is 0. The molecule has 3 nitrogen and oxygen atoms in total. The fourth-order valence-electron chi connectivity index (χ4n) is 1.73. The Morgan fingerprint density at radius 1 is 1.06 bits per heavy atom. The number of nitrogens with zero attached hydrogens (tertiary/aromatic N) is 1. The average molecular weight is 253 g/mol. The molecule has 18 heavy (non-hydrogen) atoms. The number of hydrogen-bond acceptors (Lipinski definition) is 2. The van der Waals surface area contributed by atoms with Gasteiger partial charge in [-0.05, 0) is 32.3 Å². The van der Waals surface area contributed by atoms with Crippen molar-refractivity contribution in [3.63, 3.8) is 0 Å². The number of carbonyl (C=O) groups is 2. The molecule has 0 aromatic carbocycles. The number of hydrogen-bond donors (Lipinski definition) is 0. The van der Waals surface area contributed by atoms with Crippen molar-refractivity contribution in [2.45, 2.75) is 59.3 Å². The van der Waals surface area contributed by atoms with Crippen LogP contribution < -0.4 is 0 Å². The molecule has 0 fully saturated rings. The first kappa shape index (κ1) is 16.9.